The summed E-state index contributed by atoms with van der Waals surface area (Å²) in [5.41, 5.74) is 2.47. The van der Waals surface area contributed by atoms with Crippen molar-refractivity contribution in [1.82, 2.24) is 15.0 Å². The summed E-state index contributed by atoms with van der Waals surface area (Å²) in [5.74, 6) is 0. The van der Waals surface area contributed by atoms with E-state index in [0.29, 0.717) is 0 Å². The normalized spacial score (nSPS) is 11.1. The number of nitrogens with zero attached hydrogens (tertiary/aromatic N) is 3. The molecular formula is C22H35N3. The van der Waals surface area contributed by atoms with Crippen LogP contribution in [0.25, 0.3) is 0 Å². The molecule has 0 N–H and O–H groups in total. The predicted molar refractivity (Wildman–Crippen MR) is 106 cm³/mol. The molecule has 3 heteroatoms. The third kappa shape index (κ3) is 8.85. The van der Waals surface area contributed by atoms with Crippen molar-refractivity contribution in [1.29, 1.82) is 0 Å². The van der Waals surface area contributed by atoms with Gasteiger partial charge in [-0.15, -0.1) is 5.10 Å². The average molecular weight is 342 g/mol. The highest BCUT2D eigenvalue weighted by Gasteiger charge is 2.02. The summed E-state index contributed by atoms with van der Waals surface area (Å²) in [4.78, 5) is 0. The second-order valence-corrected chi connectivity index (χ2v) is 7.14. The van der Waals surface area contributed by atoms with Crippen molar-refractivity contribution in [2.24, 2.45) is 0 Å². The smallest absolute Gasteiger partial charge is 0.0830 e. The lowest BCUT2D eigenvalue weighted by Gasteiger charge is -2.02. The molecule has 2 aromatic rings. The van der Waals surface area contributed by atoms with Crippen LogP contribution in [0.5, 0.6) is 0 Å². The topological polar surface area (TPSA) is 30.7 Å². The number of hydrogen-bond donors (Lipinski definition) is 0. The summed E-state index contributed by atoms with van der Waals surface area (Å²) < 4.78 is 2.02. The molecule has 3 nitrogen and oxygen atoms in total. The lowest BCUT2D eigenvalue weighted by molar-refractivity contribution is 0.507. The molecule has 0 amide bonds. The molecule has 1 heterocycles. The molecule has 0 aliphatic rings. The average Bonchev–Trinajstić information content (AvgIpc) is 3.10. The van der Waals surface area contributed by atoms with E-state index in [2.05, 4.69) is 53.8 Å². The van der Waals surface area contributed by atoms with Crippen LogP contribution in [0.3, 0.4) is 0 Å². The molecule has 0 bridgehead atoms. The van der Waals surface area contributed by atoms with Gasteiger partial charge in [-0.05, 0) is 24.8 Å². The molecule has 0 aliphatic heterocycles. The molecule has 0 fully saturated rings. The summed E-state index contributed by atoms with van der Waals surface area (Å²) in [6.07, 6.45) is 17.9. The Morgan fingerprint density at radius 1 is 0.760 bits per heavy atom. The molecule has 0 aliphatic carbocycles. The van der Waals surface area contributed by atoms with E-state index in [1.54, 1.807) is 0 Å². The van der Waals surface area contributed by atoms with Crippen molar-refractivity contribution in [3.8, 4) is 0 Å². The Hall–Kier alpha value is -1.64. The van der Waals surface area contributed by atoms with Crippen LogP contribution in [0.1, 0.15) is 82.4 Å². The van der Waals surface area contributed by atoms with Gasteiger partial charge in [-0.25, -0.2) is 0 Å². The van der Waals surface area contributed by atoms with E-state index in [9.17, 15) is 0 Å². The summed E-state index contributed by atoms with van der Waals surface area (Å²) >= 11 is 0. The lowest BCUT2D eigenvalue weighted by atomic mass is 10.1. The minimum absolute atomic E-state index is 0.974. The monoisotopic (exact) mass is 341 g/mol. The summed E-state index contributed by atoms with van der Waals surface area (Å²) in [6.45, 7) is 3.29. The van der Waals surface area contributed by atoms with Crippen LogP contribution in [-0.2, 0) is 19.4 Å². The van der Waals surface area contributed by atoms with Gasteiger partial charge in [0.2, 0.25) is 0 Å². The molecule has 0 saturated carbocycles. The highest BCUT2D eigenvalue weighted by atomic mass is 15.4. The fourth-order valence-corrected chi connectivity index (χ4v) is 3.24. The molecule has 0 unspecified atom stereocenters. The quantitative estimate of drug-likeness (QED) is 0.395. The van der Waals surface area contributed by atoms with Crippen LogP contribution >= 0.6 is 0 Å². The van der Waals surface area contributed by atoms with Crippen molar-refractivity contribution in [2.45, 2.75) is 90.5 Å². The van der Waals surface area contributed by atoms with E-state index < -0.39 is 0 Å². The van der Waals surface area contributed by atoms with Crippen molar-refractivity contribution in [2.75, 3.05) is 0 Å². The SMILES string of the molecule is CCCCCCCCCCCCn1cc(CCc2ccccc2)nn1. The Morgan fingerprint density at radius 3 is 2.08 bits per heavy atom. The number of aryl methyl sites for hydroxylation is 3. The summed E-state index contributed by atoms with van der Waals surface area (Å²) in [5, 5.41) is 8.58. The van der Waals surface area contributed by atoms with E-state index in [1.165, 1.54) is 69.8 Å². The Bertz CT molecular complexity index is 547. The molecule has 25 heavy (non-hydrogen) atoms. The Labute approximate surface area is 153 Å². The van der Waals surface area contributed by atoms with Crippen molar-refractivity contribution in [3.05, 3.63) is 47.8 Å². The predicted octanol–water partition coefficient (Wildman–Crippen LogP) is 5.98. The number of hydrogen-bond acceptors (Lipinski definition) is 2. The van der Waals surface area contributed by atoms with E-state index >= 15 is 0 Å². The van der Waals surface area contributed by atoms with Gasteiger partial charge >= 0.3 is 0 Å². The third-order valence-electron chi connectivity index (χ3n) is 4.84. The summed E-state index contributed by atoms with van der Waals surface area (Å²) in [6, 6.07) is 10.6. The number of aromatic nitrogens is 3. The molecule has 1 aromatic carbocycles. The van der Waals surface area contributed by atoms with Crippen LogP contribution in [-0.4, -0.2) is 15.0 Å². The van der Waals surface area contributed by atoms with Crippen molar-refractivity contribution in [3.63, 3.8) is 0 Å². The molecule has 0 spiro atoms. The van der Waals surface area contributed by atoms with Gasteiger partial charge in [0.15, 0.2) is 0 Å². The molecule has 0 atom stereocenters. The van der Waals surface area contributed by atoms with Gasteiger partial charge in [0, 0.05) is 12.7 Å². The van der Waals surface area contributed by atoms with Crippen molar-refractivity contribution < 1.29 is 0 Å². The first-order chi connectivity index (χ1) is 12.4. The first-order valence-corrected chi connectivity index (χ1v) is 10.3. The van der Waals surface area contributed by atoms with Gasteiger partial charge in [-0.1, -0.05) is 100 Å². The molecule has 138 valence electrons. The fourth-order valence-electron chi connectivity index (χ4n) is 3.24. The highest BCUT2D eigenvalue weighted by Crippen LogP contribution is 2.11. The standard InChI is InChI=1S/C22H35N3/c1-2-3-4-5-6-7-8-9-10-14-19-25-20-22(23-24-25)18-17-21-15-12-11-13-16-21/h11-13,15-16,20H,2-10,14,17-19H2,1H3. The van der Waals surface area contributed by atoms with Crippen LogP contribution < -0.4 is 0 Å². The largest absolute Gasteiger partial charge is 0.252 e. The highest BCUT2D eigenvalue weighted by molar-refractivity contribution is 5.15. The van der Waals surface area contributed by atoms with Gasteiger partial charge < -0.3 is 0 Å². The minimum Gasteiger partial charge on any atom is -0.252 e. The zero-order chi connectivity index (χ0) is 17.6. The van der Waals surface area contributed by atoms with Crippen LogP contribution in [0, 0.1) is 0 Å². The first kappa shape index (κ1) is 19.7. The number of benzene rings is 1. The Kier molecular flexibility index (Phi) is 9.99. The Morgan fingerprint density at radius 2 is 1.40 bits per heavy atom. The molecular weight excluding hydrogens is 306 g/mol. The number of unbranched alkanes of at least 4 members (excludes halogenated alkanes) is 9. The van der Waals surface area contributed by atoms with E-state index in [1.807, 2.05) is 4.68 Å². The first-order valence-electron chi connectivity index (χ1n) is 10.3. The lowest BCUT2D eigenvalue weighted by Crippen LogP contribution is -1.98. The van der Waals surface area contributed by atoms with Crippen LogP contribution in [0.15, 0.2) is 36.5 Å². The maximum absolute atomic E-state index is 4.31. The second-order valence-electron chi connectivity index (χ2n) is 7.14. The summed E-state index contributed by atoms with van der Waals surface area (Å²) in [7, 11) is 0. The molecule has 0 saturated heterocycles. The second kappa shape index (κ2) is 12.7. The van der Waals surface area contributed by atoms with Gasteiger partial charge in [0.05, 0.1) is 5.69 Å². The van der Waals surface area contributed by atoms with Gasteiger partial charge in [0.25, 0.3) is 0 Å². The fraction of sp³-hybridized carbons (Fsp3) is 0.636. The van der Waals surface area contributed by atoms with E-state index in [-0.39, 0.29) is 0 Å². The molecule has 2 rings (SSSR count). The minimum atomic E-state index is 0.974. The van der Waals surface area contributed by atoms with Crippen LogP contribution in [0.2, 0.25) is 0 Å². The van der Waals surface area contributed by atoms with Gasteiger partial charge in [-0.2, -0.15) is 0 Å². The van der Waals surface area contributed by atoms with Crippen LogP contribution in [0.4, 0.5) is 0 Å². The molecule has 1 aromatic heterocycles. The Balaban J connectivity index is 1.49. The maximum Gasteiger partial charge on any atom is 0.0830 e. The maximum atomic E-state index is 4.31. The van der Waals surface area contributed by atoms with Gasteiger partial charge in [0.1, 0.15) is 0 Å². The zero-order valence-corrected chi connectivity index (χ0v) is 16.0. The third-order valence-corrected chi connectivity index (χ3v) is 4.84. The van der Waals surface area contributed by atoms with E-state index in [4.69, 9.17) is 0 Å². The number of rotatable bonds is 14. The van der Waals surface area contributed by atoms with Gasteiger partial charge in [-0.3, -0.25) is 4.68 Å². The van der Waals surface area contributed by atoms with Crippen molar-refractivity contribution >= 4 is 0 Å². The van der Waals surface area contributed by atoms with E-state index in [0.717, 1.165) is 25.1 Å². The zero-order valence-electron chi connectivity index (χ0n) is 16.0. The molecule has 0 radical (unpaired) electrons.